The molecule has 6 heteroatoms. The van der Waals surface area contributed by atoms with Gasteiger partial charge in [-0.15, -0.1) is 0 Å². The van der Waals surface area contributed by atoms with Crippen LogP contribution in [-0.2, 0) is 4.79 Å². The highest BCUT2D eigenvalue weighted by atomic mass is 19.1. The number of aromatic nitrogens is 1. The molecule has 1 aromatic heterocycles. The Morgan fingerprint density at radius 3 is 2.26 bits per heavy atom. The monoisotopic (exact) mass is 368 g/mol. The van der Waals surface area contributed by atoms with Crippen molar-refractivity contribution < 1.29 is 9.18 Å². The number of benzene rings is 1. The van der Waals surface area contributed by atoms with Crippen LogP contribution >= 0.6 is 0 Å². The Labute approximate surface area is 159 Å². The molecule has 2 aliphatic heterocycles. The number of hydrogen-bond donors (Lipinski definition) is 0. The summed E-state index contributed by atoms with van der Waals surface area (Å²) in [4.78, 5) is 23.6. The van der Waals surface area contributed by atoms with Crippen LogP contribution in [0.1, 0.15) is 12.8 Å². The molecule has 5 nitrogen and oxygen atoms in total. The standard InChI is InChI=1S/C21H25FN4O/c22-18-3-5-19(6-4-18)24-12-14-25(15-13-24)21(27)17-2-1-11-26(16-17)20-7-9-23-10-8-20/h3-10,17H,1-2,11-16H2. The summed E-state index contributed by atoms with van der Waals surface area (Å²) in [5.74, 6) is 0.111. The average molecular weight is 368 g/mol. The number of carbonyl (C=O) groups excluding carboxylic acids is 1. The van der Waals surface area contributed by atoms with Gasteiger partial charge in [0, 0.05) is 63.0 Å². The fourth-order valence-electron chi connectivity index (χ4n) is 4.06. The molecule has 1 atom stereocenters. The van der Waals surface area contributed by atoms with Crippen LogP contribution in [0.15, 0.2) is 48.8 Å². The van der Waals surface area contributed by atoms with Gasteiger partial charge in [0.1, 0.15) is 5.82 Å². The van der Waals surface area contributed by atoms with E-state index < -0.39 is 0 Å². The van der Waals surface area contributed by atoms with Crippen LogP contribution in [0.3, 0.4) is 0 Å². The van der Waals surface area contributed by atoms with E-state index in [1.165, 1.54) is 12.1 Å². The summed E-state index contributed by atoms with van der Waals surface area (Å²) in [5, 5.41) is 0. The van der Waals surface area contributed by atoms with E-state index in [1.54, 1.807) is 24.5 Å². The Morgan fingerprint density at radius 2 is 1.56 bits per heavy atom. The minimum atomic E-state index is -0.219. The Morgan fingerprint density at radius 1 is 0.889 bits per heavy atom. The molecule has 0 N–H and O–H groups in total. The SMILES string of the molecule is O=C(C1CCCN(c2ccncc2)C1)N1CCN(c2ccc(F)cc2)CC1. The zero-order valence-electron chi connectivity index (χ0n) is 15.4. The second-order valence-electron chi connectivity index (χ2n) is 7.28. The zero-order valence-corrected chi connectivity index (χ0v) is 15.4. The number of carbonyl (C=O) groups is 1. The second-order valence-corrected chi connectivity index (χ2v) is 7.28. The van der Waals surface area contributed by atoms with E-state index in [2.05, 4.69) is 14.8 Å². The number of pyridine rings is 1. The van der Waals surface area contributed by atoms with Gasteiger partial charge in [-0.25, -0.2) is 4.39 Å². The molecule has 2 aromatic rings. The van der Waals surface area contributed by atoms with Gasteiger partial charge in [-0.05, 0) is 49.2 Å². The molecule has 1 amide bonds. The van der Waals surface area contributed by atoms with E-state index in [1.807, 2.05) is 17.0 Å². The van der Waals surface area contributed by atoms with Crippen LogP contribution in [0.2, 0.25) is 0 Å². The normalized spacial score (nSPS) is 20.6. The number of nitrogens with zero attached hydrogens (tertiary/aromatic N) is 4. The van der Waals surface area contributed by atoms with Gasteiger partial charge < -0.3 is 14.7 Å². The van der Waals surface area contributed by atoms with Crippen molar-refractivity contribution in [3.63, 3.8) is 0 Å². The summed E-state index contributed by atoms with van der Waals surface area (Å²) >= 11 is 0. The molecule has 0 saturated carbocycles. The first-order valence-electron chi connectivity index (χ1n) is 9.65. The third-order valence-electron chi connectivity index (χ3n) is 5.58. The van der Waals surface area contributed by atoms with E-state index in [4.69, 9.17) is 0 Å². The van der Waals surface area contributed by atoms with Crippen molar-refractivity contribution in [1.82, 2.24) is 9.88 Å². The molecule has 1 unspecified atom stereocenters. The predicted octanol–water partition coefficient (Wildman–Crippen LogP) is 2.79. The van der Waals surface area contributed by atoms with E-state index >= 15 is 0 Å². The Bertz CT molecular complexity index is 760. The lowest BCUT2D eigenvalue weighted by molar-refractivity contribution is -0.136. The van der Waals surface area contributed by atoms with Crippen LogP contribution in [0.4, 0.5) is 15.8 Å². The lowest BCUT2D eigenvalue weighted by Gasteiger charge is -2.40. The summed E-state index contributed by atoms with van der Waals surface area (Å²) in [5.41, 5.74) is 2.16. The van der Waals surface area contributed by atoms with E-state index in [-0.39, 0.29) is 17.6 Å². The molecule has 0 spiro atoms. The summed E-state index contributed by atoms with van der Waals surface area (Å²) in [6.45, 7) is 4.80. The Kier molecular flexibility index (Phi) is 5.23. The molecule has 1 aromatic carbocycles. The largest absolute Gasteiger partial charge is 0.371 e. The molecule has 4 rings (SSSR count). The van der Waals surface area contributed by atoms with Crippen molar-refractivity contribution in [2.75, 3.05) is 49.1 Å². The van der Waals surface area contributed by atoms with Crippen molar-refractivity contribution in [3.8, 4) is 0 Å². The maximum absolute atomic E-state index is 13.1. The van der Waals surface area contributed by atoms with Crippen LogP contribution in [0.25, 0.3) is 0 Å². The fraction of sp³-hybridized carbons (Fsp3) is 0.429. The van der Waals surface area contributed by atoms with Crippen LogP contribution in [-0.4, -0.2) is 55.1 Å². The Balaban J connectivity index is 1.34. The summed E-state index contributed by atoms with van der Waals surface area (Å²) in [6, 6.07) is 10.6. The zero-order chi connectivity index (χ0) is 18.6. The summed E-state index contributed by atoms with van der Waals surface area (Å²) in [7, 11) is 0. The fourth-order valence-corrected chi connectivity index (χ4v) is 4.06. The number of hydrogen-bond acceptors (Lipinski definition) is 4. The van der Waals surface area contributed by atoms with Gasteiger partial charge in [0.25, 0.3) is 0 Å². The first-order valence-corrected chi connectivity index (χ1v) is 9.65. The van der Waals surface area contributed by atoms with Crippen LogP contribution in [0, 0.1) is 11.7 Å². The van der Waals surface area contributed by atoms with Crippen molar-refractivity contribution in [2.45, 2.75) is 12.8 Å². The topological polar surface area (TPSA) is 39.7 Å². The maximum atomic E-state index is 13.1. The van der Waals surface area contributed by atoms with E-state index in [0.717, 1.165) is 63.5 Å². The number of halogens is 1. The van der Waals surface area contributed by atoms with E-state index in [0.29, 0.717) is 0 Å². The molecule has 2 saturated heterocycles. The lowest BCUT2D eigenvalue weighted by Crippen LogP contribution is -2.52. The smallest absolute Gasteiger partial charge is 0.227 e. The Hall–Kier alpha value is -2.63. The van der Waals surface area contributed by atoms with E-state index in [9.17, 15) is 9.18 Å². The molecule has 0 aliphatic carbocycles. The highest BCUT2D eigenvalue weighted by Gasteiger charge is 2.31. The quantitative estimate of drug-likeness (QED) is 0.835. The van der Waals surface area contributed by atoms with Gasteiger partial charge in [-0.1, -0.05) is 0 Å². The highest BCUT2D eigenvalue weighted by Crippen LogP contribution is 2.25. The lowest BCUT2D eigenvalue weighted by atomic mass is 9.95. The molecular formula is C21H25FN4O. The summed E-state index contributed by atoms with van der Waals surface area (Å²) < 4.78 is 13.1. The maximum Gasteiger partial charge on any atom is 0.227 e. The van der Waals surface area contributed by atoms with Crippen molar-refractivity contribution in [3.05, 3.63) is 54.6 Å². The van der Waals surface area contributed by atoms with Gasteiger partial charge in [-0.2, -0.15) is 0 Å². The van der Waals surface area contributed by atoms with Crippen LogP contribution < -0.4 is 9.80 Å². The van der Waals surface area contributed by atoms with Gasteiger partial charge in [-0.3, -0.25) is 9.78 Å². The molecule has 0 bridgehead atoms. The molecule has 2 fully saturated rings. The number of piperazine rings is 1. The van der Waals surface area contributed by atoms with Gasteiger partial charge >= 0.3 is 0 Å². The molecule has 2 aliphatic rings. The molecule has 142 valence electrons. The van der Waals surface area contributed by atoms with Gasteiger partial charge in [0.15, 0.2) is 0 Å². The van der Waals surface area contributed by atoms with Gasteiger partial charge in [0.2, 0.25) is 5.91 Å². The molecular weight excluding hydrogens is 343 g/mol. The minimum absolute atomic E-state index is 0.0595. The highest BCUT2D eigenvalue weighted by molar-refractivity contribution is 5.80. The second kappa shape index (κ2) is 7.94. The average Bonchev–Trinajstić information content (AvgIpc) is 2.75. The molecule has 0 radical (unpaired) electrons. The third kappa shape index (κ3) is 4.04. The predicted molar refractivity (Wildman–Crippen MR) is 104 cm³/mol. The van der Waals surface area contributed by atoms with Crippen molar-refractivity contribution in [2.24, 2.45) is 5.92 Å². The number of amides is 1. The van der Waals surface area contributed by atoms with Crippen molar-refractivity contribution >= 4 is 17.3 Å². The van der Waals surface area contributed by atoms with Crippen LogP contribution in [0.5, 0.6) is 0 Å². The number of rotatable bonds is 3. The molecule has 27 heavy (non-hydrogen) atoms. The minimum Gasteiger partial charge on any atom is -0.371 e. The first kappa shape index (κ1) is 17.8. The van der Waals surface area contributed by atoms with Gasteiger partial charge in [0.05, 0.1) is 5.92 Å². The number of anilines is 2. The number of piperidine rings is 1. The third-order valence-corrected chi connectivity index (χ3v) is 5.58. The van der Waals surface area contributed by atoms with Crippen molar-refractivity contribution in [1.29, 1.82) is 0 Å². The molecule has 3 heterocycles. The summed E-state index contributed by atoms with van der Waals surface area (Å²) in [6.07, 6.45) is 5.59. The first-order chi connectivity index (χ1) is 13.2.